The normalized spacial score (nSPS) is 11.9. The highest BCUT2D eigenvalue weighted by molar-refractivity contribution is 5.72. The van der Waals surface area contributed by atoms with Gasteiger partial charge in [-0.3, -0.25) is 0 Å². The minimum Gasteiger partial charge on any atom is -0.492 e. The van der Waals surface area contributed by atoms with E-state index < -0.39 is 12.1 Å². The van der Waals surface area contributed by atoms with Gasteiger partial charge >= 0.3 is 12.1 Å². The number of benzene rings is 1. The van der Waals surface area contributed by atoms with Gasteiger partial charge in [0.15, 0.2) is 6.10 Å². The maximum Gasteiger partial charge on any atom is 0.409 e. The van der Waals surface area contributed by atoms with Crippen LogP contribution in [-0.4, -0.2) is 61.1 Å². The van der Waals surface area contributed by atoms with E-state index in [4.69, 9.17) is 14.2 Å². The van der Waals surface area contributed by atoms with Crippen LogP contribution in [-0.2, 0) is 20.7 Å². The van der Waals surface area contributed by atoms with Crippen molar-refractivity contribution in [1.82, 2.24) is 4.90 Å². The highest BCUT2D eigenvalue weighted by Crippen LogP contribution is 2.15. The molecule has 0 aliphatic heterocycles. The molecule has 0 fully saturated rings. The second-order valence-corrected chi connectivity index (χ2v) is 8.35. The van der Waals surface area contributed by atoms with Crippen LogP contribution in [0, 0.1) is 5.92 Å². The summed E-state index contributed by atoms with van der Waals surface area (Å²) >= 11 is 0. The average molecular weight is 452 g/mol. The minimum absolute atomic E-state index is 0.288. The maximum absolute atomic E-state index is 12.5. The second kappa shape index (κ2) is 16.4. The molecule has 0 saturated carbocycles. The molecule has 0 radical (unpaired) electrons. The quantitative estimate of drug-likeness (QED) is 0.329. The Morgan fingerprint density at radius 2 is 1.69 bits per heavy atom. The minimum atomic E-state index is -0.966. The molecule has 0 aliphatic rings. The molecule has 32 heavy (non-hydrogen) atoms. The lowest BCUT2D eigenvalue weighted by Crippen LogP contribution is -2.36. The van der Waals surface area contributed by atoms with E-state index in [1.54, 1.807) is 11.8 Å². The third kappa shape index (κ3) is 11.9. The molecule has 182 valence electrons. The Morgan fingerprint density at radius 1 is 1.00 bits per heavy atom. The first-order chi connectivity index (χ1) is 15.4. The standard InChI is InChI=1S/C25H41NO6/c1-5-7-8-9-10-15-26(25(29)32-19-20(3)4)16-17-31-22-13-11-21(12-14-22)18-23(24(27)28)30-6-2/h11-14,20,23H,5-10,15-19H2,1-4H3,(H,27,28). The molecule has 0 saturated heterocycles. The molecular formula is C25H41NO6. The number of hydrogen-bond acceptors (Lipinski definition) is 5. The molecule has 1 rings (SSSR count). The van der Waals surface area contributed by atoms with E-state index in [9.17, 15) is 14.7 Å². The van der Waals surface area contributed by atoms with E-state index >= 15 is 0 Å². The van der Waals surface area contributed by atoms with Crippen LogP contribution in [0.2, 0.25) is 0 Å². The van der Waals surface area contributed by atoms with Crippen molar-refractivity contribution in [2.45, 2.75) is 72.3 Å². The van der Waals surface area contributed by atoms with Crippen molar-refractivity contribution in [3.8, 4) is 5.75 Å². The van der Waals surface area contributed by atoms with Gasteiger partial charge in [0.25, 0.3) is 0 Å². The third-order valence-electron chi connectivity index (χ3n) is 4.95. The first kappa shape index (κ1) is 27.8. The fourth-order valence-corrected chi connectivity index (χ4v) is 3.16. The molecule has 0 aromatic heterocycles. The molecule has 1 aromatic rings. The largest absolute Gasteiger partial charge is 0.492 e. The van der Waals surface area contributed by atoms with Crippen molar-refractivity contribution in [2.24, 2.45) is 5.92 Å². The Morgan fingerprint density at radius 3 is 2.28 bits per heavy atom. The number of ether oxygens (including phenoxy) is 3. The Balaban J connectivity index is 2.53. The van der Waals surface area contributed by atoms with Gasteiger partial charge in [-0.05, 0) is 37.0 Å². The molecule has 7 heteroatoms. The fourth-order valence-electron chi connectivity index (χ4n) is 3.16. The van der Waals surface area contributed by atoms with Gasteiger partial charge in [0.2, 0.25) is 0 Å². The van der Waals surface area contributed by atoms with E-state index in [1.165, 1.54) is 19.3 Å². The highest BCUT2D eigenvalue weighted by Gasteiger charge is 2.18. The number of hydrogen-bond donors (Lipinski definition) is 1. The molecule has 1 atom stereocenters. The van der Waals surface area contributed by atoms with Crippen LogP contribution >= 0.6 is 0 Å². The fraction of sp³-hybridized carbons (Fsp3) is 0.680. The Kier molecular flexibility index (Phi) is 14.2. The summed E-state index contributed by atoms with van der Waals surface area (Å²) in [4.78, 5) is 25.4. The van der Waals surface area contributed by atoms with Crippen molar-refractivity contribution in [2.75, 3.05) is 32.9 Å². The number of nitrogens with zero attached hydrogens (tertiary/aromatic N) is 1. The van der Waals surface area contributed by atoms with E-state index in [0.717, 1.165) is 18.4 Å². The molecule has 1 N–H and O–H groups in total. The van der Waals surface area contributed by atoms with Crippen molar-refractivity contribution in [1.29, 1.82) is 0 Å². The SMILES string of the molecule is CCCCCCCN(CCOc1ccc(CC(OCC)C(=O)O)cc1)C(=O)OCC(C)C. The summed E-state index contributed by atoms with van der Waals surface area (Å²) in [6.07, 6.45) is 4.80. The summed E-state index contributed by atoms with van der Waals surface area (Å²) in [6, 6.07) is 7.30. The lowest BCUT2D eigenvalue weighted by Gasteiger charge is -2.23. The molecule has 7 nitrogen and oxygen atoms in total. The topological polar surface area (TPSA) is 85.3 Å². The van der Waals surface area contributed by atoms with Crippen molar-refractivity contribution < 1.29 is 28.9 Å². The van der Waals surface area contributed by atoms with Crippen molar-refractivity contribution in [3.63, 3.8) is 0 Å². The number of amides is 1. The Bertz CT molecular complexity index is 646. The van der Waals surface area contributed by atoms with E-state index in [-0.39, 0.29) is 6.09 Å². The van der Waals surface area contributed by atoms with Crippen LogP contribution in [0.15, 0.2) is 24.3 Å². The van der Waals surface area contributed by atoms with Crippen LogP contribution in [0.3, 0.4) is 0 Å². The number of aliphatic carboxylic acids is 1. The summed E-state index contributed by atoms with van der Waals surface area (Å²) in [5.74, 6) is 0.00497. The molecule has 0 spiro atoms. The zero-order chi connectivity index (χ0) is 23.8. The Hall–Kier alpha value is -2.28. The van der Waals surface area contributed by atoms with Crippen LogP contribution in [0.5, 0.6) is 5.75 Å². The van der Waals surface area contributed by atoms with Crippen molar-refractivity contribution in [3.05, 3.63) is 29.8 Å². The van der Waals surface area contributed by atoms with Gasteiger partial charge in [-0.15, -0.1) is 0 Å². The summed E-state index contributed by atoms with van der Waals surface area (Å²) < 4.78 is 16.5. The van der Waals surface area contributed by atoms with Gasteiger partial charge in [0, 0.05) is 19.6 Å². The first-order valence-corrected chi connectivity index (χ1v) is 11.8. The maximum atomic E-state index is 12.5. The third-order valence-corrected chi connectivity index (χ3v) is 4.95. The van der Waals surface area contributed by atoms with Gasteiger partial charge in [0.05, 0.1) is 13.2 Å². The summed E-state index contributed by atoms with van der Waals surface area (Å²) in [6.45, 7) is 10.2. The van der Waals surface area contributed by atoms with Crippen LogP contribution in [0.25, 0.3) is 0 Å². The molecule has 0 aliphatic carbocycles. The molecular weight excluding hydrogens is 410 g/mol. The predicted molar refractivity (Wildman–Crippen MR) is 125 cm³/mol. The summed E-state index contributed by atoms with van der Waals surface area (Å²) in [5.41, 5.74) is 0.865. The van der Waals surface area contributed by atoms with Gasteiger partial charge in [-0.2, -0.15) is 0 Å². The highest BCUT2D eigenvalue weighted by atomic mass is 16.6. The summed E-state index contributed by atoms with van der Waals surface area (Å²) in [7, 11) is 0. The molecule has 0 heterocycles. The zero-order valence-corrected chi connectivity index (χ0v) is 20.2. The second-order valence-electron chi connectivity index (χ2n) is 8.35. The lowest BCUT2D eigenvalue weighted by molar-refractivity contribution is -0.149. The Labute approximate surface area is 193 Å². The first-order valence-electron chi connectivity index (χ1n) is 11.8. The molecule has 1 aromatic carbocycles. The predicted octanol–water partition coefficient (Wildman–Crippen LogP) is 5.16. The van der Waals surface area contributed by atoms with E-state index in [1.807, 2.05) is 38.1 Å². The van der Waals surface area contributed by atoms with Crippen LogP contribution < -0.4 is 4.74 Å². The van der Waals surface area contributed by atoms with E-state index in [2.05, 4.69) is 6.92 Å². The molecule has 0 bridgehead atoms. The smallest absolute Gasteiger partial charge is 0.409 e. The van der Waals surface area contributed by atoms with Gasteiger partial charge < -0.3 is 24.2 Å². The van der Waals surface area contributed by atoms with Gasteiger partial charge in [-0.25, -0.2) is 9.59 Å². The lowest BCUT2D eigenvalue weighted by atomic mass is 10.1. The number of carbonyl (C=O) groups excluding carboxylic acids is 1. The summed E-state index contributed by atoms with van der Waals surface area (Å²) in [5, 5.41) is 9.21. The number of unbranched alkanes of at least 4 members (excludes halogenated alkanes) is 4. The van der Waals surface area contributed by atoms with Crippen molar-refractivity contribution >= 4 is 12.1 Å². The molecule has 1 unspecified atom stereocenters. The zero-order valence-electron chi connectivity index (χ0n) is 20.2. The van der Waals surface area contributed by atoms with Gasteiger partial charge in [0.1, 0.15) is 12.4 Å². The van der Waals surface area contributed by atoms with Crippen LogP contribution in [0.4, 0.5) is 4.79 Å². The number of carboxylic acids is 1. The van der Waals surface area contributed by atoms with Crippen LogP contribution in [0.1, 0.15) is 65.4 Å². The average Bonchev–Trinajstić information content (AvgIpc) is 2.76. The number of rotatable bonds is 17. The van der Waals surface area contributed by atoms with Gasteiger partial charge in [-0.1, -0.05) is 58.6 Å². The number of carbonyl (C=O) groups is 2. The molecule has 1 amide bonds. The monoisotopic (exact) mass is 451 g/mol. The number of carboxylic acid groups (broad SMARTS) is 1. The van der Waals surface area contributed by atoms with E-state index in [0.29, 0.717) is 51.0 Å².